The van der Waals surface area contributed by atoms with Crippen LogP contribution in [0.3, 0.4) is 0 Å². The summed E-state index contributed by atoms with van der Waals surface area (Å²) in [6.45, 7) is 5.92. The quantitative estimate of drug-likeness (QED) is 0.873. The molecule has 1 aromatic heterocycles. The smallest absolute Gasteiger partial charge is 0.279 e. The van der Waals surface area contributed by atoms with Crippen molar-refractivity contribution in [2.24, 2.45) is 5.73 Å². The molecule has 0 aliphatic carbocycles. The van der Waals surface area contributed by atoms with Crippen molar-refractivity contribution in [3.63, 3.8) is 0 Å². The number of ether oxygens (including phenoxy) is 2. The number of hydrogen-bond acceptors (Lipinski definition) is 5. The molecule has 0 aliphatic heterocycles. The molecule has 0 aliphatic rings. The average Bonchev–Trinajstić information content (AvgIpc) is 2.86. The van der Waals surface area contributed by atoms with Gasteiger partial charge in [-0.25, -0.2) is 4.98 Å². The van der Waals surface area contributed by atoms with E-state index in [4.69, 9.17) is 15.2 Å². The number of nitrogens with two attached hydrogens (primary N) is 1. The molecule has 0 saturated heterocycles. The molecule has 2 aromatic rings. The second-order valence-electron chi connectivity index (χ2n) is 4.99. The Labute approximate surface area is 129 Å². The number of benzene rings is 1. The summed E-state index contributed by atoms with van der Waals surface area (Å²) in [5, 5.41) is 0.608. The van der Waals surface area contributed by atoms with Crippen molar-refractivity contribution in [1.82, 2.24) is 4.98 Å². The van der Waals surface area contributed by atoms with Crippen LogP contribution in [-0.2, 0) is 0 Å². The monoisotopic (exact) mass is 304 g/mol. The Morgan fingerprint density at radius 1 is 1.14 bits per heavy atom. The van der Waals surface area contributed by atoms with Crippen molar-refractivity contribution >= 4 is 17.4 Å². The maximum absolute atomic E-state index is 5.71. The second-order valence-corrected chi connectivity index (χ2v) is 6.01. The van der Waals surface area contributed by atoms with E-state index in [9.17, 15) is 0 Å². The standard InChI is InChI=1S/C16H20N2O2S/c1-11(2)19-13-5-7-14(8-6-13)20-16-18-10-15(21-16)9-4-12(3)17/h4-12H,17H2,1-3H3/b9-4+/t12-/m0/s1. The molecular formula is C16H20N2O2S. The van der Waals surface area contributed by atoms with Crippen LogP contribution in [0.25, 0.3) is 6.08 Å². The molecule has 0 spiro atoms. The van der Waals surface area contributed by atoms with Gasteiger partial charge in [0.1, 0.15) is 11.5 Å². The lowest BCUT2D eigenvalue weighted by atomic mass is 10.3. The first kappa shape index (κ1) is 15.5. The lowest BCUT2D eigenvalue weighted by Gasteiger charge is -2.09. The third-order valence-electron chi connectivity index (χ3n) is 2.47. The predicted molar refractivity (Wildman–Crippen MR) is 87.1 cm³/mol. The van der Waals surface area contributed by atoms with E-state index in [0.29, 0.717) is 5.19 Å². The van der Waals surface area contributed by atoms with Gasteiger partial charge in [0, 0.05) is 12.2 Å². The van der Waals surface area contributed by atoms with Gasteiger partial charge in [-0.1, -0.05) is 17.4 Å². The summed E-state index contributed by atoms with van der Waals surface area (Å²) in [4.78, 5) is 5.25. The summed E-state index contributed by atoms with van der Waals surface area (Å²) in [7, 11) is 0. The minimum atomic E-state index is 0.0324. The van der Waals surface area contributed by atoms with Crippen molar-refractivity contribution in [2.45, 2.75) is 32.9 Å². The van der Waals surface area contributed by atoms with Crippen LogP contribution < -0.4 is 15.2 Å². The van der Waals surface area contributed by atoms with Crippen LogP contribution in [0.4, 0.5) is 0 Å². The molecule has 0 radical (unpaired) electrons. The van der Waals surface area contributed by atoms with E-state index >= 15 is 0 Å². The van der Waals surface area contributed by atoms with Crippen LogP contribution in [-0.4, -0.2) is 17.1 Å². The van der Waals surface area contributed by atoms with Crippen LogP contribution in [0.1, 0.15) is 25.6 Å². The maximum atomic E-state index is 5.71. The third kappa shape index (κ3) is 5.21. The molecule has 1 aromatic carbocycles. The summed E-state index contributed by atoms with van der Waals surface area (Å²) in [6.07, 6.45) is 5.81. The number of thiazole rings is 1. The largest absolute Gasteiger partial charge is 0.491 e. The highest BCUT2D eigenvalue weighted by Crippen LogP contribution is 2.28. The van der Waals surface area contributed by atoms with Gasteiger partial charge in [-0.2, -0.15) is 0 Å². The van der Waals surface area contributed by atoms with E-state index < -0.39 is 0 Å². The minimum Gasteiger partial charge on any atom is -0.491 e. The summed E-state index contributed by atoms with van der Waals surface area (Å²) < 4.78 is 11.3. The van der Waals surface area contributed by atoms with Gasteiger partial charge in [0.2, 0.25) is 0 Å². The number of aromatic nitrogens is 1. The third-order valence-corrected chi connectivity index (χ3v) is 3.31. The van der Waals surface area contributed by atoms with Crippen LogP contribution in [0.2, 0.25) is 0 Å². The average molecular weight is 304 g/mol. The number of nitrogens with zero attached hydrogens (tertiary/aromatic N) is 1. The molecule has 2 N–H and O–H groups in total. The normalized spacial score (nSPS) is 12.8. The Morgan fingerprint density at radius 2 is 1.81 bits per heavy atom. The van der Waals surface area contributed by atoms with E-state index in [-0.39, 0.29) is 12.1 Å². The highest BCUT2D eigenvalue weighted by atomic mass is 32.1. The molecule has 1 heterocycles. The molecular weight excluding hydrogens is 284 g/mol. The highest BCUT2D eigenvalue weighted by molar-refractivity contribution is 7.14. The van der Waals surface area contributed by atoms with Gasteiger partial charge in [0.05, 0.1) is 11.0 Å². The minimum absolute atomic E-state index is 0.0324. The van der Waals surface area contributed by atoms with E-state index in [1.807, 2.05) is 57.2 Å². The molecule has 112 valence electrons. The van der Waals surface area contributed by atoms with Crippen molar-refractivity contribution in [3.8, 4) is 16.7 Å². The SMILES string of the molecule is CC(C)Oc1ccc(Oc2ncc(/C=C/[C@H](C)N)s2)cc1. The molecule has 0 bridgehead atoms. The molecule has 0 unspecified atom stereocenters. The van der Waals surface area contributed by atoms with Gasteiger partial charge in [0.25, 0.3) is 5.19 Å². The van der Waals surface area contributed by atoms with E-state index in [2.05, 4.69) is 4.98 Å². The Balaban J connectivity index is 1.98. The fourth-order valence-corrected chi connectivity index (χ4v) is 2.30. The first-order chi connectivity index (χ1) is 10.0. The predicted octanol–water partition coefficient (Wildman–Crippen LogP) is 4.08. The fourth-order valence-electron chi connectivity index (χ4n) is 1.60. The van der Waals surface area contributed by atoms with Crippen LogP contribution in [0.15, 0.2) is 36.5 Å². The van der Waals surface area contributed by atoms with E-state index in [1.54, 1.807) is 6.20 Å². The summed E-state index contributed by atoms with van der Waals surface area (Å²) in [5.74, 6) is 1.57. The first-order valence-corrected chi connectivity index (χ1v) is 7.69. The van der Waals surface area contributed by atoms with Crippen molar-refractivity contribution in [3.05, 3.63) is 41.4 Å². The van der Waals surface area contributed by atoms with Gasteiger partial charge in [-0.15, -0.1) is 0 Å². The van der Waals surface area contributed by atoms with Gasteiger partial charge in [0.15, 0.2) is 0 Å². The molecule has 1 atom stereocenters. The van der Waals surface area contributed by atoms with Crippen molar-refractivity contribution in [1.29, 1.82) is 0 Å². The Bertz CT molecular complexity index is 589. The molecule has 2 rings (SSSR count). The van der Waals surface area contributed by atoms with Gasteiger partial charge < -0.3 is 15.2 Å². The van der Waals surface area contributed by atoms with E-state index in [0.717, 1.165) is 16.4 Å². The maximum Gasteiger partial charge on any atom is 0.279 e. The number of hydrogen-bond donors (Lipinski definition) is 1. The van der Waals surface area contributed by atoms with Gasteiger partial charge >= 0.3 is 0 Å². The molecule has 0 saturated carbocycles. The van der Waals surface area contributed by atoms with Gasteiger partial charge in [-0.05, 0) is 51.1 Å². The Morgan fingerprint density at radius 3 is 2.43 bits per heavy atom. The summed E-state index contributed by atoms with van der Waals surface area (Å²) in [5.41, 5.74) is 5.67. The lowest BCUT2D eigenvalue weighted by molar-refractivity contribution is 0.242. The highest BCUT2D eigenvalue weighted by Gasteiger charge is 2.04. The summed E-state index contributed by atoms with van der Waals surface area (Å²) in [6, 6.07) is 7.55. The Hall–Kier alpha value is -1.85. The van der Waals surface area contributed by atoms with Crippen LogP contribution in [0.5, 0.6) is 16.7 Å². The molecule has 21 heavy (non-hydrogen) atoms. The van der Waals surface area contributed by atoms with Crippen LogP contribution in [0, 0.1) is 0 Å². The molecule has 0 amide bonds. The van der Waals surface area contributed by atoms with Crippen molar-refractivity contribution in [2.75, 3.05) is 0 Å². The first-order valence-electron chi connectivity index (χ1n) is 6.87. The number of rotatable bonds is 6. The van der Waals surface area contributed by atoms with Crippen molar-refractivity contribution < 1.29 is 9.47 Å². The van der Waals surface area contributed by atoms with Gasteiger partial charge in [-0.3, -0.25) is 0 Å². The molecule has 4 nitrogen and oxygen atoms in total. The zero-order valence-corrected chi connectivity index (χ0v) is 13.3. The Kier molecular flexibility index (Phi) is 5.36. The second kappa shape index (κ2) is 7.24. The van der Waals surface area contributed by atoms with E-state index in [1.165, 1.54) is 11.3 Å². The topological polar surface area (TPSA) is 57.4 Å². The lowest BCUT2D eigenvalue weighted by Crippen LogP contribution is -2.09. The molecule has 5 heteroatoms. The summed E-state index contributed by atoms with van der Waals surface area (Å²) >= 11 is 1.48. The zero-order valence-electron chi connectivity index (χ0n) is 12.4. The van der Waals surface area contributed by atoms with Crippen LogP contribution >= 0.6 is 11.3 Å². The fraction of sp³-hybridized carbons (Fsp3) is 0.312. The molecule has 0 fully saturated rings. The zero-order chi connectivity index (χ0) is 15.2.